The van der Waals surface area contributed by atoms with Crippen molar-refractivity contribution in [3.8, 4) is 6.07 Å². The first-order valence-electron chi connectivity index (χ1n) is 6.63. The van der Waals surface area contributed by atoms with E-state index in [-0.39, 0.29) is 16.6 Å². The molecule has 0 unspecified atom stereocenters. The van der Waals surface area contributed by atoms with Gasteiger partial charge in [-0.3, -0.25) is 0 Å². The molecule has 0 saturated carbocycles. The smallest absolute Gasteiger partial charge is 0.267 e. The van der Waals surface area contributed by atoms with E-state index in [1.54, 1.807) is 18.2 Å². The van der Waals surface area contributed by atoms with Gasteiger partial charge in [-0.15, -0.1) is 0 Å². The van der Waals surface area contributed by atoms with Crippen LogP contribution in [0.3, 0.4) is 0 Å². The predicted octanol–water partition coefficient (Wildman–Crippen LogP) is 2.60. The summed E-state index contributed by atoms with van der Waals surface area (Å²) in [6, 6.07) is 15.2. The highest BCUT2D eigenvalue weighted by molar-refractivity contribution is 7.93. The molecular weight excluding hydrogens is 332 g/mol. The Labute approximate surface area is 137 Å². The number of hydrogen-bond donors (Lipinski definition) is 1. The van der Waals surface area contributed by atoms with E-state index < -0.39 is 10.0 Å². The average molecular weight is 344 g/mol. The number of thiazole rings is 1. The van der Waals surface area contributed by atoms with Crippen molar-refractivity contribution in [3.05, 3.63) is 48.5 Å². The van der Waals surface area contributed by atoms with Crippen molar-refractivity contribution in [1.29, 1.82) is 5.26 Å². The zero-order valence-electron chi connectivity index (χ0n) is 11.9. The lowest BCUT2D eigenvalue weighted by Crippen LogP contribution is -2.31. The number of nitrogens with zero attached hydrogens (tertiary/aromatic N) is 3. The van der Waals surface area contributed by atoms with Gasteiger partial charge in [-0.1, -0.05) is 29.5 Å². The van der Waals surface area contributed by atoms with Crippen molar-refractivity contribution in [2.45, 2.75) is 4.90 Å². The number of nitrogen functional groups attached to an aromatic ring is 1. The maximum absolute atomic E-state index is 12.8. The monoisotopic (exact) mass is 344 g/mol. The molecule has 0 atom stereocenters. The Balaban J connectivity index is 2.13. The standard InChI is InChI=1S/C15H12N4O2S2/c16-8-9-19(15-18-13-6-1-2-7-14(13)22-15)23(20,21)12-5-3-4-11(17)10-12/h1-7,10H,9,17H2. The molecule has 0 radical (unpaired) electrons. The predicted molar refractivity (Wildman–Crippen MR) is 90.6 cm³/mol. The van der Waals surface area contributed by atoms with Gasteiger partial charge in [0.1, 0.15) is 6.54 Å². The third-order valence-corrected chi connectivity index (χ3v) is 6.06. The first-order valence-corrected chi connectivity index (χ1v) is 8.89. The Hall–Kier alpha value is -2.63. The number of nitriles is 1. The molecule has 0 bridgehead atoms. The molecule has 0 saturated heterocycles. The molecular formula is C15H12N4O2S2. The fourth-order valence-corrected chi connectivity index (χ4v) is 4.63. The molecule has 0 amide bonds. The first kappa shape index (κ1) is 15.3. The third kappa shape index (κ3) is 2.84. The van der Waals surface area contributed by atoms with Crippen LogP contribution in [0, 0.1) is 11.3 Å². The molecule has 6 nitrogen and oxygen atoms in total. The minimum Gasteiger partial charge on any atom is -0.399 e. The minimum atomic E-state index is -3.91. The maximum Gasteiger partial charge on any atom is 0.267 e. The van der Waals surface area contributed by atoms with Crippen LogP contribution in [0.15, 0.2) is 53.4 Å². The van der Waals surface area contributed by atoms with Gasteiger partial charge in [-0.25, -0.2) is 17.7 Å². The molecule has 116 valence electrons. The number of aromatic nitrogens is 1. The molecule has 23 heavy (non-hydrogen) atoms. The molecule has 2 N–H and O–H groups in total. The highest BCUT2D eigenvalue weighted by Gasteiger charge is 2.27. The number of para-hydroxylation sites is 1. The zero-order chi connectivity index (χ0) is 16.4. The quantitative estimate of drug-likeness (QED) is 0.579. The van der Waals surface area contributed by atoms with Gasteiger partial charge >= 0.3 is 0 Å². The van der Waals surface area contributed by atoms with Gasteiger partial charge < -0.3 is 5.73 Å². The van der Waals surface area contributed by atoms with Crippen LogP contribution in [0.25, 0.3) is 10.2 Å². The minimum absolute atomic E-state index is 0.0343. The molecule has 0 aliphatic carbocycles. The molecule has 3 rings (SSSR count). The van der Waals surface area contributed by atoms with E-state index in [2.05, 4.69) is 4.98 Å². The van der Waals surface area contributed by atoms with Crippen LogP contribution in [0.5, 0.6) is 0 Å². The molecule has 0 aliphatic heterocycles. The summed E-state index contributed by atoms with van der Waals surface area (Å²) in [4.78, 5) is 4.36. The molecule has 1 heterocycles. The number of rotatable bonds is 4. The lowest BCUT2D eigenvalue weighted by molar-refractivity contribution is 0.593. The Morgan fingerprint density at radius 2 is 2.00 bits per heavy atom. The molecule has 0 spiro atoms. The van der Waals surface area contributed by atoms with Crippen molar-refractivity contribution in [3.63, 3.8) is 0 Å². The van der Waals surface area contributed by atoms with Crippen LogP contribution in [0.2, 0.25) is 0 Å². The van der Waals surface area contributed by atoms with Gasteiger partial charge in [-0.05, 0) is 30.3 Å². The Morgan fingerprint density at radius 3 is 2.70 bits per heavy atom. The highest BCUT2D eigenvalue weighted by atomic mass is 32.2. The van der Waals surface area contributed by atoms with Crippen molar-refractivity contribution in [1.82, 2.24) is 4.98 Å². The molecule has 0 fully saturated rings. The number of hydrogen-bond acceptors (Lipinski definition) is 6. The summed E-state index contributed by atoms with van der Waals surface area (Å²) in [7, 11) is -3.91. The van der Waals surface area contributed by atoms with Crippen molar-refractivity contribution in [2.24, 2.45) is 0 Å². The van der Waals surface area contributed by atoms with Gasteiger partial charge in [0.2, 0.25) is 5.13 Å². The third-order valence-electron chi connectivity index (χ3n) is 3.16. The van der Waals surface area contributed by atoms with Gasteiger partial charge in [0.05, 0.1) is 21.2 Å². The van der Waals surface area contributed by atoms with Crippen molar-refractivity contribution >= 4 is 42.4 Å². The van der Waals surface area contributed by atoms with E-state index >= 15 is 0 Å². The van der Waals surface area contributed by atoms with E-state index in [9.17, 15) is 8.42 Å². The first-order chi connectivity index (χ1) is 11.0. The lowest BCUT2D eigenvalue weighted by atomic mass is 10.3. The average Bonchev–Trinajstić information content (AvgIpc) is 2.95. The largest absolute Gasteiger partial charge is 0.399 e. The number of fused-ring (bicyclic) bond motifs is 1. The lowest BCUT2D eigenvalue weighted by Gasteiger charge is -2.18. The van der Waals surface area contributed by atoms with Crippen molar-refractivity contribution < 1.29 is 8.42 Å². The van der Waals surface area contributed by atoms with Gasteiger partial charge in [0.25, 0.3) is 10.0 Å². The molecule has 3 aromatic rings. The summed E-state index contributed by atoms with van der Waals surface area (Å²) in [5.74, 6) is 0. The molecule has 0 aliphatic rings. The van der Waals surface area contributed by atoms with Crippen LogP contribution >= 0.6 is 11.3 Å². The summed E-state index contributed by atoms with van der Waals surface area (Å²) in [5.41, 5.74) is 6.70. The van der Waals surface area contributed by atoms with E-state index in [1.807, 2.05) is 24.3 Å². The van der Waals surface area contributed by atoms with E-state index in [4.69, 9.17) is 11.0 Å². The molecule has 8 heteroatoms. The fraction of sp³-hybridized carbons (Fsp3) is 0.0667. The van der Waals surface area contributed by atoms with E-state index in [1.165, 1.54) is 23.5 Å². The second-order valence-corrected chi connectivity index (χ2v) is 7.58. The maximum atomic E-state index is 12.8. The van der Waals surface area contributed by atoms with Crippen LogP contribution < -0.4 is 10.0 Å². The number of benzene rings is 2. The molecule has 2 aromatic carbocycles. The second kappa shape index (κ2) is 5.87. The normalized spacial score (nSPS) is 11.3. The summed E-state index contributed by atoms with van der Waals surface area (Å²) in [6.45, 7) is -0.322. The van der Waals surface area contributed by atoms with Gasteiger partial charge in [0, 0.05) is 5.69 Å². The van der Waals surface area contributed by atoms with Crippen LogP contribution in [0.1, 0.15) is 0 Å². The zero-order valence-corrected chi connectivity index (χ0v) is 13.5. The van der Waals surface area contributed by atoms with Crippen LogP contribution in [0.4, 0.5) is 10.8 Å². The van der Waals surface area contributed by atoms with E-state index in [0.717, 1.165) is 9.01 Å². The number of sulfonamides is 1. The van der Waals surface area contributed by atoms with Crippen molar-refractivity contribution in [2.75, 3.05) is 16.6 Å². The number of nitrogens with two attached hydrogens (primary N) is 1. The summed E-state index contributed by atoms with van der Waals surface area (Å²) < 4.78 is 27.5. The van der Waals surface area contributed by atoms with Crippen LogP contribution in [-0.2, 0) is 10.0 Å². The summed E-state index contributed by atoms with van der Waals surface area (Å²) in [6.07, 6.45) is 0. The fourth-order valence-electron chi connectivity index (χ4n) is 2.09. The number of anilines is 2. The van der Waals surface area contributed by atoms with Crippen LogP contribution in [-0.4, -0.2) is 19.9 Å². The topological polar surface area (TPSA) is 100 Å². The summed E-state index contributed by atoms with van der Waals surface area (Å²) >= 11 is 1.22. The van der Waals surface area contributed by atoms with Gasteiger partial charge in [0.15, 0.2) is 0 Å². The highest BCUT2D eigenvalue weighted by Crippen LogP contribution is 2.32. The molecule has 1 aromatic heterocycles. The SMILES string of the molecule is N#CCN(c1nc2ccccc2s1)S(=O)(=O)c1cccc(N)c1. The Bertz CT molecular complexity index is 972. The summed E-state index contributed by atoms with van der Waals surface area (Å²) in [5, 5.41) is 9.29. The Morgan fingerprint density at radius 1 is 1.22 bits per heavy atom. The van der Waals surface area contributed by atoms with E-state index in [0.29, 0.717) is 11.2 Å². The van der Waals surface area contributed by atoms with Gasteiger partial charge in [-0.2, -0.15) is 5.26 Å². The second-order valence-electron chi connectivity index (χ2n) is 4.71. The Kier molecular flexibility index (Phi) is 3.90.